The van der Waals surface area contributed by atoms with Crippen molar-refractivity contribution >= 4 is 17.8 Å². The average molecular weight is 252 g/mol. The molecule has 0 aliphatic rings. The van der Waals surface area contributed by atoms with E-state index >= 15 is 0 Å². The van der Waals surface area contributed by atoms with Crippen LogP contribution in [0.4, 0.5) is 5.95 Å². The molecular weight excluding hydrogens is 236 g/mol. The Kier molecular flexibility index (Phi) is 4.73. The van der Waals surface area contributed by atoms with Crippen LogP contribution in [0.25, 0.3) is 0 Å². The quantitative estimate of drug-likeness (QED) is 0.670. The highest BCUT2D eigenvalue weighted by atomic mass is 16.4. The first-order valence-electron chi connectivity index (χ1n) is 5.53. The van der Waals surface area contributed by atoms with Crippen LogP contribution in [-0.2, 0) is 9.59 Å². The summed E-state index contributed by atoms with van der Waals surface area (Å²) in [5.41, 5.74) is -1.12. The molecule has 1 rings (SSSR count). The molecule has 98 valence electrons. The Morgan fingerprint density at radius 2 is 2.00 bits per heavy atom. The number of nitrogens with one attached hydrogen (secondary N) is 2. The van der Waals surface area contributed by atoms with Gasteiger partial charge in [-0.1, -0.05) is 6.92 Å². The molecular formula is C11H16N4O3. The number of carboxylic acids is 1. The molecule has 1 aromatic heterocycles. The van der Waals surface area contributed by atoms with Crippen molar-refractivity contribution in [2.75, 3.05) is 11.9 Å². The minimum absolute atomic E-state index is 0.116. The van der Waals surface area contributed by atoms with Crippen LogP contribution < -0.4 is 10.6 Å². The fourth-order valence-electron chi connectivity index (χ4n) is 1.16. The molecule has 18 heavy (non-hydrogen) atoms. The van der Waals surface area contributed by atoms with Crippen molar-refractivity contribution in [2.45, 2.75) is 25.8 Å². The van der Waals surface area contributed by atoms with Crippen molar-refractivity contribution < 1.29 is 14.7 Å². The first-order valence-corrected chi connectivity index (χ1v) is 5.53. The molecule has 0 saturated heterocycles. The van der Waals surface area contributed by atoms with Gasteiger partial charge in [-0.2, -0.15) is 0 Å². The summed E-state index contributed by atoms with van der Waals surface area (Å²) in [6, 6.07) is 1.63. The number of amides is 1. The molecule has 0 aliphatic carbocycles. The van der Waals surface area contributed by atoms with Gasteiger partial charge in [-0.3, -0.25) is 20.2 Å². The second kappa shape index (κ2) is 6.06. The fourth-order valence-corrected chi connectivity index (χ4v) is 1.16. The maximum atomic E-state index is 11.6. The molecule has 0 saturated carbocycles. The molecule has 1 unspecified atom stereocenters. The number of nitrogens with zero attached hydrogens (tertiary/aromatic N) is 2. The van der Waals surface area contributed by atoms with Gasteiger partial charge in [0.05, 0.1) is 6.54 Å². The number of rotatable bonds is 6. The van der Waals surface area contributed by atoms with Crippen LogP contribution in [0.5, 0.6) is 0 Å². The third kappa shape index (κ3) is 3.77. The second-order valence-corrected chi connectivity index (χ2v) is 3.96. The van der Waals surface area contributed by atoms with Crippen molar-refractivity contribution in [3.8, 4) is 0 Å². The van der Waals surface area contributed by atoms with E-state index in [1.165, 1.54) is 19.3 Å². The number of hydrogen-bond acceptors (Lipinski definition) is 5. The number of carboxylic acid groups (broad SMARTS) is 1. The number of hydrogen-bond donors (Lipinski definition) is 3. The minimum Gasteiger partial charge on any atom is -0.480 e. The maximum absolute atomic E-state index is 11.6. The zero-order valence-electron chi connectivity index (χ0n) is 10.3. The van der Waals surface area contributed by atoms with E-state index < -0.39 is 11.5 Å². The van der Waals surface area contributed by atoms with E-state index in [1.54, 1.807) is 13.0 Å². The Bertz CT molecular complexity index is 424. The first-order chi connectivity index (χ1) is 8.48. The topological polar surface area (TPSA) is 104 Å². The number of carbonyl (C=O) groups is 2. The van der Waals surface area contributed by atoms with Crippen LogP contribution in [0.1, 0.15) is 20.3 Å². The van der Waals surface area contributed by atoms with Crippen LogP contribution >= 0.6 is 0 Å². The zero-order chi connectivity index (χ0) is 13.6. The summed E-state index contributed by atoms with van der Waals surface area (Å²) in [4.78, 5) is 30.2. The molecule has 1 aromatic rings. The normalized spacial score (nSPS) is 13.7. The first kappa shape index (κ1) is 14.0. The smallest absolute Gasteiger partial charge is 0.323 e. The summed E-state index contributed by atoms with van der Waals surface area (Å²) in [6.07, 6.45) is 3.38. The summed E-state index contributed by atoms with van der Waals surface area (Å²) in [6.45, 7) is 3.15. The van der Waals surface area contributed by atoms with Gasteiger partial charge in [0.25, 0.3) is 0 Å². The predicted molar refractivity (Wildman–Crippen MR) is 65.0 cm³/mol. The van der Waals surface area contributed by atoms with Crippen LogP contribution in [0, 0.1) is 0 Å². The van der Waals surface area contributed by atoms with Crippen molar-refractivity contribution in [2.24, 2.45) is 0 Å². The Morgan fingerprint density at radius 3 is 2.50 bits per heavy atom. The van der Waals surface area contributed by atoms with E-state index in [2.05, 4.69) is 20.6 Å². The highest BCUT2D eigenvalue weighted by molar-refractivity contribution is 5.91. The monoisotopic (exact) mass is 252 g/mol. The summed E-state index contributed by atoms with van der Waals surface area (Å²) >= 11 is 0. The number of carbonyl (C=O) groups excluding carboxylic acids is 1. The van der Waals surface area contributed by atoms with Crippen LogP contribution in [-0.4, -0.2) is 39.0 Å². The molecule has 0 bridgehead atoms. The molecule has 7 nitrogen and oxygen atoms in total. The van der Waals surface area contributed by atoms with Gasteiger partial charge in [0, 0.05) is 12.4 Å². The Labute approximate surface area is 105 Å². The van der Waals surface area contributed by atoms with E-state index in [0.717, 1.165) is 0 Å². The summed E-state index contributed by atoms with van der Waals surface area (Å²) in [5.74, 6) is -1.19. The van der Waals surface area contributed by atoms with Crippen molar-refractivity contribution in [3.63, 3.8) is 0 Å². The molecule has 0 fully saturated rings. The molecule has 0 spiro atoms. The van der Waals surface area contributed by atoms with Crippen LogP contribution in [0.15, 0.2) is 18.5 Å². The van der Waals surface area contributed by atoms with Gasteiger partial charge in [0.15, 0.2) is 0 Å². The maximum Gasteiger partial charge on any atom is 0.323 e. The molecule has 1 heterocycles. The molecule has 0 aromatic carbocycles. The zero-order valence-corrected chi connectivity index (χ0v) is 10.3. The highest BCUT2D eigenvalue weighted by Gasteiger charge is 2.30. The molecule has 3 N–H and O–H groups in total. The van der Waals surface area contributed by atoms with Crippen molar-refractivity contribution in [3.05, 3.63) is 18.5 Å². The van der Waals surface area contributed by atoms with Crippen LogP contribution in [0.3, 0.4) is 0 Å². The van der Waals surface area contributed by atoms with E-state index in [9.17, 15) is 9.59 Å². The lowest BCUT2D eigenvalue weighted by atomic mass is 9.99. The van der Waals surface area contributed by atoms with Gasteiger partial charge >= 0.3 is 5.97 Å². The molecule has 1 amide bonds. The molecule has 0 radical (unpaired) electrons. The second-order valence-electron chi connectivity index (χ2n) is 3.96. The highest BCUT2D eigenvalue weighted by Crippen LogP contribution is 2.08. The van der Waals surface area contributed by atoms with Gasteiger partial charge in [0.2, 0.25) is 11.9 Å². The lowest BCUT2D eigenvalue weighted by molar-refractivity contribution is -0.144. The van der Waals surface area contributed by atoms with Gasteiger partial charge in [-0.15, -0.1) is 0 Å². The summed E-state index contributed by atoms with van der Waals surface area (Å²) in [7, 11) is 0. The number of anilines is 1. The van der Waals surface area contributed by atoms with E-state index in [4.69, 9.17) is 5.11 Å². The SMILES string of the molecule is CCC(C)(NCC(=O)Nc1ncccn1)C(=O)O. The van der Waals surface area contributed by atoms with Crippen LogP contribution in [0.2, 0.25) is 0 Å². The van der Waals surface area contributed by atoms with E-state index in [-0.39, 0.29) is 18.4 Å². The third-order valence-electron chi connectivity index (χ3n) is 2.64. The number of aliphatic carboxylic acids is 1. The Morgan fingerprint density at radius 1 is 1.39 bits per heavy atom. The molecule has 1 atom stereocenters. The average Bonchev–Trinajstić information content (AvgIpc) is 2.37. The van der Waals surface area contributed by atoms with Gasteiger partial charge in [-0.05, 0) is 19.4 Å². The largest absolute Gasteiger partial charge is 0.480 e. The standard InChI is InChI=1S/C11H16N4O3/c1-3-11(2,9(17)18)14-7-8(16)15-10-12-5-4-6-13-10/h4-6,14H,3,7H2,1-2H3,(H,17,18)(H,12,13,15,16). The van der Waals surface area contributed by atoms with Gasteiger partial charge < -0.3 is 5.11 Å². The summed E-state index contributed by atoms with van der Waals surface area (Å²) < 4.78 is 0. The summed E-state index contributed by atoms with van der Waals surface area (Å²) in [5, 5.41) is 14.2. The van der Waals surface area contributed by atoms with Gasteiger partial charge in [0.1, 0.15) is 5.54 Å². The van der Waals surface area contributed by atoms with Crippen molar-refractivity contribution in [1.82, 2.24) is 15.3 Å². The van der Waals surface area contributed by atoms with E-state index in [0.29, 0.717) is 6.42 Å². The minimum atomic E-state index is -1.12. The molecule has 0 aliphatic heterocycles. The van der Waals surface area contributed by atoms with E-state index in [1.807, 2.05) is 0 Å². The predicted octanol–water partition coefficient (Wildman–Crippen LogP) is 0.258. The van der Waals surface area contributed by atoms with Crippen molar-refractivity contribution in [1.29, 1.82) is 0 Å². The lowest BCUT2D eigenvalue weighted by Crippen LogP contribution is -2.51. The van der Waals surface area contributed by atoms with Gasteiger partial charge in [-0.25, -0.2) is 9.97 Å². The Hall–Kier alpha value is -2.02. The lowest BCUT2D eigenvalue weighted by Gasteiger charge is -2.24. The fraction of sp³-hybridized carbons (Fsp3) is 0.455. The Balaban J connectivity index is 2.49. The third-order valence-corrected chi connectivity index (χ3v) is 2.64. The molecule has 7 heteroatoms. The number of aromatic nitrogens is 2.